The van der Waals surface area contributed by atoms with Crippen LogP contribution in [0.5, 0.6) is 23.0 Å². The molecule has 0 radical (unpaired) electrons. The predicted octanol–water partition coefficient (Wildman–Crippen LogP) is 2.47. The van der Waals surface area contributed by atoms with Crippen molar-refractivity contribution in [2.45, 2.75) is 13.3 Å². The second-order valence-corrected chi connectivity index (χ2v) is 5.73. The van der Waals surface area contributed by atoms with Crippen molar-refractivity contribution < 1.29 is 23.7 Å². The zero-order chi connectivity index (χ0) is 17.6. The summed E-state index contributed by atoms with van der Waals surface area (Å²) in [5.41, 5.74) is 2.14. The van der Waals surface area contributed by atoms with E-state index < -0.39 is 0 Å². The Hall–Kier alpha value is -2.89. The van der Waals surface area contributed by atoms with Gasteiger partial charge in [-0.2, -0.15) is 0 Å². The number of fused-ring (bicyclic) bond motifs is 1. The fraction of sp³-hybridized carbons (Fsp3) is 0.316. The lowest BCUT2D eigenvalue weighted by atomic mass is 10.1. The van der Waals surface area contributed by atoms with Crippen molar-refractivity contribution in [2.24, 2.45) is 0 Å². The van der Waals surface area contributed by atoms with Crippen LogP contribution in [0.2, 0.25) is 0 Å². The van der Waals surface area contributed by atoms with Crippen molar-refractivity contribution in [3.05, 3.63) is 47.5 Å². The van der Waals surface area contributed by atoms with E-state index in [2.05, 4.69) is 5.32 Å². The number of benzene rings is 2. The zero-order valence-electron chi connectivity index (χ0n) is 14.3. The summed E-state index contributed by atoms with van der Waals surface area (Å²) in [5, 5.41) is 2.84. The molecule has 132 valence electrons. The van der Waals surface area contributed by atoms with E-state index in [1.807, 2.05) is 37.3 Å². The molecule has 0 saturated heterocycles. The summed E-state index contributed by atoms with van der Waals surface area (Å²) in [6.45, 7) is 2.69. The Morgan fingerprint density at radius 3 is 2.80 bits per heavy atom. The molecule has 0 aromatic heterocycles. The normalized spacial score (nSPS) is 11.9. The fourth-order valence-electron chi connectivity index (χ4n) is 2.53. The van der Waals surface area contributed by atoms with E-state index in [4.69, 9.17) is 18.9 Å². The topological polar surface area (TPSA) is 66.0 Å². The molecule has 0 spiro atoms. The molecule has 1 N–H and O–H groups in total. The number of amides is 1. The van der Waals surface area contributed by atoms with Crippen LogP contribution in [0.15, 0.2) is 36.4 Å². The van der Waals surface area contributed by atoms with Crippen LogP contribution in [0.3, 0.4) is 0 Å². The van der Waals surface area contributed by atoms with Gasteiger partial charge in [0.15, 0.2) is 29.6 Å². The first-order valence-electron chi connectivity index (χ1n) is 8.08. The molecule has 0 unspecified atom stereocenters. The molecular formula is C19H21NO5. The first-order chi connectivity index (χ1) is 12.2. The number of aryl methyl sites for hydroxylation is 1. The van der Waals surface area contributed by atoms with E-state index in [1.165, 1.54) is 0 Å². The van der Waals surface area contributed by atoms with Crippen molar-refractivity contribution >= 4 is 5.91 Å². The molecule has 1 amide bonds. The summed E-state index contributed by atoms with van der Waals surface area (Å²) < 4.78 is 21.4. The van der Waals surface area contributed by atoms with Crippen LogP contribution >= 0.6 is 0 Å². The zero-order valence-corrected chi connectivity index (χ0v) is 14.3. The number of hydrogen-bond donors (Lipinski definition) is 1. The monoisotopic (exact) mass is 343 g/mol. The summed E-state index contributed by atoms with van der Waals surface area (Å²) in [7, 11) is 1.58. The lowest BCUT2D eigenvalue weighted by Crippen LogP contribution is -2.30. The van der Waals surface area contributed by atoms with Gasteiger partial charge in [-0.25, -0.2) is 0 Å². The second kappa shape index (κ2) is 7.79. The minimum absolute atomic E-state index is 0.0550. The van der Waals surface area contributed by atoms with Gasteiger partial charge in [0.25, 0.3) is 5.91 Å². The first kappa shape index (κ1) is 17.0. The lowest BCUT2D eigenvalue weighted by molar-refractivity contribution is -0.123. The molecule has 2 aromatic carbocycles. The number of carbonyl (C=O) groups excluding carboxylic acids is 1. The molecule has 1 heterocycles. The summed E-state index contributed by atoms with van der Waals surface area (Å²) >= 11 is 0. The molecule has 0 bridgehead atoms. The summed E-state index contributed by atoms with van der Waals surface area (Å²) in [5.74, 6) is 2.50. The third-order valence-corrected chi connectivity index (χ3v) is 3.85. The van der Waals surface area contributed by atoms with Gasteiger partial charge < -0.3 is 24.3 Å². The quantitative estimate of drug-likeness (QED) is 0.837. The molecule has 6 heteroatoms. The minimum Gasteiger partial charge on any atom is -0.493 e. The van der Waals surface area contributed by atoms with Gasteiger partial charge in [0.2, 0.25) is 6.79 Å². The van der Waals surface area contributed by atoms with E-state index in [-0.39, 0.29) is 19.3 Å². The van der Waals surface area contributed by atoms with Crippen LogP contribution in [0.1, 0.15) is 11.1 Å². The molecule has 1 aliphatic rings. The Morgan fingerprint density at radius 2 is 1.96 bits per heavy atom. The van der Waals surface area contributed by atoms with Crippen LogP contribution in [0.4, 0.5) is 0 Å². The van der Waals surface area contributed by atoms with Gasteiger partial charge in [-0.3, -0.25) is 4.79 Å². The van der Waals surface area contributed by atoms with Crippen LogP contribution in [0.25, 0.3) is 0 Å². The maximum atomic E-state index is 11.9. The Morgan fingerprint density at radius 1 is 1.12 bits per heavy atom. The molecule has 0 fully saturated rings. The number of carbonyl (C=O) groups is 1. The van der Waals surface area contributed by atoms with Crippen LogP contribution in [0, 0.1) is 6.92 Å². The van der Waals surface area contributed by atoms with E-state index in [1.54, 1.807) is 13.2 Å². The maximum absolute atomic E-state index is 11.9. The molecule has 0 saturated carbocycles. The average molecular weight is 343 g/mol. The summed E-state index contributed by atoms with van der Waals surface area (Å²) in [6, 6.07) is 11.4. The van der Waals surface area contributed by atoms with Crippen molar-refractivity contribution in [3.63, 3.8) is 0 Å². The molecule has 0 atom stereocenters. The van der Waals surface area contributed by atoms with Gasteiger partial charge in [-0.1, -0.05) is 12.1 Å². The minimum atomic E-state index is -0.177. The third-order valence-electron chi connectivity index (χ3n) is 3.85. The van der Waals surface area contributed by atoms with Crippen LogP contribution in [-0.2, 0) is 11.2 Å². The standard InChI is InChI=1S/C19H21NO5/c1-13-3-5-15(17(9-13)22-2)23-11-19(21)20-8-7-14-4-6-16-18(10-14)25-12-24-16/h3-6,9-10H,7-8,11-12H2,1-2H3,(H,20,21). The Kier molecular flexibility index (Phi) is 5.28. The Balaban J connectivity index is 1.44. The number of methoxy groups -OCH3 is 1. The maximum Gasteiger partial charge on any atom is 0.257 e. The molecule has 0 aliphatic carbocycles. The van der Waals surface area contributed by atoms with Gasteiger partial charge in [-0.05, 0) is 48.7 Å². The third kappa shape index (κ3) is 4.35. The molecular weight excluding hydrogens is 322 g/mol. The predicted molar refractivity (Wildman–Crippen MR) is 92.5 cm³/mol. The second-order valence-electron chi connectivity index (χ2n) is 5.73. The van der Waals surface area contributed by atoms with Gasteiger partial charge >= 0.3 is 0 Å². The molecule has 25 heavy (non-hydrogen) atoms. The largest absolute Gasteiger partial charge is 0.493 e. The average Bonchev–Trinajstić information content (AvgIpc) is 3.08. The van der Waals surface area contributed by atoms with Crippen LogP contribution in [-0.4, -0.2) is 33.0 Å². The molecule has 2 aromatic rings. The smallest absolute Gasteiger partial charge is 0.257 e. The van der Waals surface area contributed by atoms with Crippen molar-refractivity contribution in [1.82, 2.24) is 5.32 Å². The van der Waals surface area contributed by atoms with Gasteiger partial charge in [0.05, 0.1) is 7.11 Å². The van der Waals surface area contributed by atoms with E-state index in [0.29, 0.717) is 24.5 Å². The fourth-order valence-corrected chi connectivity index (χ4v) is 2.53. The highest BCUT2D eigenvalue weighted by Gasteiger charge is 2.13. The number of ether oxygens (including phenoxy) is 4. The van der Waals surface area contributed by atoms with Crippen LogP contribution < -0.4 is 24.3 Å². The van der Waals surface area contributed by atoms with Gasteiger partial charge in [0.1, 0.15) is 0 Å². The molecule has 6 nitrogen and oxygen atoms in total. The highest BCUT2D eigenvalue weighted by atomic mass is 16.7. The Bertz CT molecular complexity index is 759. The number of rotatable bonds is 7. The molecule has 1 aliphatic heterocycles. The molecule has 3 rings (SSSR count). The Labute approximate surface area is 146 Å². The highest BCUT2D eigenvalue weighted by Crippen LogP contribution is 2.32. The van der Waals surface area contributed by atoms with E-state index in [0.717, 1.165) is 22.6 Å². The summed E-state index contributed by atoms with van der Waals surface area (Å²) in [4.78, 5) is 11.9. The summed E-state index contributed by atoms with van der Waals surface area (Å²) in [6.07, 6.45) is 0.705. The van der Waals surface area contributed by atoms with E-state index >= 15 is 0 Å². The van der Waals surface area contributed by atoms with Crippen molar-refractivity contribution in [1.29, 1.82) is 0 Å². The SMILES string of the molecule is COc1cc(C)ccc1OCC(=O)NCCc1ccc2c(c1)OCO2. The first-order valence-corrected chi connectivity index (χ1v) is 8.08. The van der Waals surface area contributed by atoms with E-state index in [9.17, 15) is 4.79 Å². The number of hydrogen-bond acceptors (Lipinski definition) is 5. The lowest BCUT2D eigenvalue weighted by Gasteiger charge is -2.11. The number of nitrogens with one attached hydrogen (secondary N) is 1. The van der Waals surface area contributed by atoms with Crippen molar-refractivity contribution in [3.8, 4) is 23.0 Å². The highest BCUT2D eigenvalue weighted by molar-refractivity contribution is 5.77. The van der Waals surface area contributed by atoms with Gasteiger partial charge in [-0.15, -0.1) is 0 Å². The van der Waals surface area contributed by atoms with Crippen molar-refractivity contribution in [2.75, 3.05) is 27.1 Å². The van der Waals surface area contributed by atoms with Gasteiger partial charge in [0, 0.05) is 6.54 Å².